The van der Waals surface area contributed by atoms with Gasteiger partial charge in [-0.2, -0.15) is 0 Å². The summed E-state index contributed by atoms with van der Waals surface area (Å²) >= 11 is 5.99. The van der Waals surface area contributed by atoms with Crippen LogP contribution in [0.15, 0.2) is 24.3 Å². The topological polar surface area (TPSA) is 29.3 Å². The van der Waals surface area contributed by atoms with Gasteiger partial charge in [0.2, 0.25) is 0 Å². The SMILES string of the molecule is CCC(N)C(c1ccc(Cl)cc1)N1CCCC(C)C1. The summed E-state index contributed by atoms with van der Waals surface area (Å²) in [6.07, 6.45) is 3.62. The third-order valence-electron chi connectivity index (χ3n) is 4.17. The van der Waals surface area contributed by atoms with E-state index in [-0.39, 0.29) is 6.04 Å². The summed E-state index contributed by atoms with van der Waals surface area (Å²) < 4.78 is 0. The number of benzene rings is 1. The zero-order valence-corrected chi connectivity index (χ0v) is 12.7. The van der Waals surface area contributed by atoms with Crippen molar-refractivity contribution in [3.8, 4) is 0 Å². The van der Waals surface area contributed by atoms with Gasteiger partial charge in [0, 0.05) is 23.7 Å². The molecule has 1 aromatic rings. The Hall–Kier alpha value is -0.570. The van der Waals surface area contributed by atoms with Gasteiger partial charge in [0.1, 0.15) is 0 Å². The van der Waals surface area contributed by atoms with Crippen molar-refractivity contribution in [1.29, 1.82) is 0 Å². The fourth-order valence-corrected chi connectivity index (χ4v) is 3.22. The smallest absolute Gasteiger partial charge is 0.0499 e. The quantitative estimate of drug-likeness (QED) is 0.908. The highest BCUT2D eigenvalue weighted by Gasteiger charge is 2.28. The molecule has 1 aromatic carbocycles. The Kier molecular flexibility index (Phi) is 5.26. The second-order valence-corrected chi connectivity index (χ2v) is 6.25. The lowest BCUT2D eigenvalue weighted by Crippen LogP contribution is -2.45. The first-order valence-electron chi connectivity index (χ1n) is 7.37. The number of rotatable bonds is 4. The normalized spacial score (nSPS) is 24.1. The van der Waals surface area contributed by atoms with Crippen LogP contribution >= 0.6 is 11.6 Å². The third-order valence-corrected chi connectivity index (χ3v) is 4.42. The van der Waals surface area contributed by atoms with E-state index >= 15 is 0 Å². The molecule has 1 aliphatic heterocycles. The van der Waals surface area contributed by atoms with Crippen LogP contribution in [-0.2, 0) is 0 Å². The van der Waals surface area contributed by atoms with Gasteiger partial charge in [0.15, 0.2) is 0 Å². The zero-order chi connectivity index (χ0) is 13.8. The molecule has 1 saturated heterocycles. The lowest BCUT2D eigenvalue weighted by atomic mass is 9.92. The van der Waals surface area contributed by atoms with E-state index in [1.54, 1.807) is 0 Å². The lowest BCUT2D eigenvalue weighted by Gasteiger charge is -2.40. The number of hydrogen-bond donors (Lipinski definition) is 1. The van der Waals surface area contributed by atoms with Crippen molar-refractivity contribution in [3.05, 3.63) is 34.9 Å². The van der Waals surface area contributed by atoms with Gasteiger partial charge in [0.25, 0.3) is 0 Å². The molecule has 106 valence electrons. The Balaban J connectivity index is 2.22. The molecular formula is C16H25ClN2. The zero-order valence-electron chi connectivity index (χ0n) is 12.0. The molecule has 0 spiro atoms. The molecule has 2 rings (SSSR count). The predicted octanol–water partition coefficient (Wildman–Crippen LogP) is 3.85. The van der Waals surface area contributed by atoms with Gasteiger partial charge in [-0.3, -0.25) is 4.90 Å². The van der Waals surface area contributed by atoms with Crippen LogP contribution < -0.4 is 5.73 Å². The Morgan fingerprint density at radius 1 is 1.37 bits per heavy atom. The molecule has 0 saturated carbocycles. The predicted molar refractivity (Wildman–Crippen MR) is 82.4 cm³/mol. The van der Waals surface area contributed by atoms with Crippen LogP contribution in [0.2, 0.25) is 5.02 Å². The summed E-state index contributed by atoms with van der Waals surface area (Å²) in [4.78, 5) is 2.56. The maximum absolute atomic E-state index is 6.39. The Labute approximate surface area is 121 Å². The first-order chi connectivity index (χ1) is 9.11. The molecule has 0 amide bonds. The highest BCUT2D eigenvalue weighted by atomic mass is 35.5. The fraction of sp³-hybridized carbons (Fsp3) is 0.625. The molecule has 1 heterocycles. The summed E-state index contributed by atoms with van der Waals surface area (Å²) in [5.41, 5.74) is 7.69. The van der Waals surface area contributed by atoms with Crippen LogP contribution in [-0.4, -0.2) is 24.0 Å². The molecule has 2 nitrogen and oxygen atoms in total. The molecule has 0 bridgehead atoms. The minimum Gasteiger partial charge on any atom is -0.326 e. The van der Waals surface area contributed by atoms with Gasteiger partial charge in [-0.1, -0.05) is 37.6 Å². The fourth-order valence-electron chi connectivity index (χ4n) is 3.09. The number of halogens is 1. The van der Waals surface area contributed by atoms with Crippen molar-refractivity contribution < 1.29 is 0 Å². The van der Waals surface area contributed by atoms with E-state index in [1.165, 1.54) is 18.4 Å². The summed E-state index contributed by atoms with van der Waals surface area (Å²) in [6.45, 7) is 6.82. The molecule has 2 N–H and O–H groups in total. The van der Waals surface area contributed by atoms with Gasteiger partial charge >= 0.3 is 0 Å². The minimum atomic E-state index is 0.187. The lowest BCUT2D eigenvalue weighted by molar-refractivity contribution is 0.111. The molecule has 0 aromatic heterocycles. The monoisotopic (exact) mass is 280 g/mol. The van der Waals surface area contributed by atoms with Crippen LogP contribution in [0.3, 0.4) is 0 Å². The van der Waals surface area contributed by atoms with Crippen molar-refractivity contribution in [2.24, 2.45) is 11.7 Å². The molecule has 1 fully saturated rings. The van der Waals surface area contributed by atoms with Crippen molar-refractivity contribution in [1.82, 2.24) is 4.90 Å². The maximum Gasteiger partial charge on any atom is 0.0499 e. The van der Waals surface area contributed by atoms with Crippen LogP contribution in [0.4, 0.5) is 0 Å². The van der Waals surface area contributed by atoms with Gasteiger partial charge in [-0.05, 0) is 49.4 Å². The number of piperidine rings is 1. The standard InChI is InChI=1S/C16H25ClN2/c1-3-15(18)16(13-6-8-14(17)9-7-13)19-10-4-5-12(2)11-19/h6-9,12,15-16H,3-5,10-11,18H2,1-2H3. The number of nitrogens with zero attached hydrogens (tertiary/aromatic N) is 1. The van der Waals surface area contributed by atoms with E-state index in [2.05, 4.69) is 30.9 Å². The molecule has 19 heavy (non-hydrogen) atoms. The van der Waals surface area contributed by atoms with E-state index in [1.807, 2.05) is 12.1 Å². The van der Waals surface area contributed by atoms with Gasteiger partial charge in [-0.25, -0.2) is 0 Å². The Morgan fingerprint density at radius 2 is 2.05 bits per heavy atom. The second-order valence-electron chi connectivity index (χ2n) is 5.81. The molecule has 3 heteroatoms. The highest BCUT2D eigenvalue weighted by Crippen LogP contribution is 2.30. The maximum atomic E-state index is 6.39. The summed E-state index contributed by atoms with van der Waals surface area (Å²) in [6, 6.07) is 8.71. The van der Waals surface area contributed by atoms with Crippen LogP contribution in [0.5, 0.6) is 0 Å². The van der Waals surface area contributed by atoms with Crippen molar-refractivity contribution in [2.45, 2.75) is 45.2 Å². The van der Waals surface area contributed by atoms with Gasteiger partial charge < -0.3 is 5.73 Å². The summed E-state index contributed by atoms with van der Waals surface area (Å²) in [7, 11) is 0. The minimum absolute atomic E-state index is 0.187. The van der Waals surface area contributed by atoms with E-state index < -0.39 is 0 Å². The first kappa shape index (κ1) is 14.8. The Bertz CT molecular complexity index is 390. The molecule has 3 atom stereocenters. The molecule has 0 radical (unpaired) electrons. The largest absolute Gasteiger partial charge is 0.326 e. The third kappa shape index (κ3) is 3.71. The van der Waals surface area contributed by atoms with E-state index in [0.29, 0.717) is 6.04 Å². The second kappa shape index (κ2) is 6.74. The van der Waals surface area contributed by atoms with Crippen molar-refractivity contribution >= 4 is 11.6 Å². The molecule has 0 aliphatic carbocycles. The van der Waals surface area contributed by atoms with Crippen molar-refractivity contribution in [2.75, 3.05) is 13.1 Å². The van der Waals surface area contributed by atoms with E-state index in [9.17, 15) is 0 Å². The average molecular weight is 281 g/mol. The van der Waals surface area contributed by atoms with Gasteiger partial charge in [0.05, 0.1) is 0 Å². The van der Waals surface area contributed by atoms with Gasteiger partial charge in [-0.15, -0.1) is 0 Å². The van der Waals surface area contributed by atoms with E-state index in [0.717, 1.165) is 30.5 Å². The number of nitrogens with two attached hydrogens (primary N) is 1. The summed E-state index contributed by atoms with van der Waals surface area (Å²) in [5, 5.41) is 0.791. The van der Waals surface area contributed by atoms with E-state index in [4.69, 9.17) is 17.3 Å². The number of hydrogen-bond acceptors (Lipinski definition) is 2. The number of likely N-dealkylation sites (tertiary alicyclic amines) is 1. The Morgan fingerprint density at radius 3 is 2.63 bits per heavy atom. The van der Waals surface area contributed by atoms with Crippen LogP contribution in [0.25, 0.3) is 0 Å². The average Bonchev–Trinajstić information content (AvgIpc) is 2.41. The highest BCUT2D eigenvalue weighted by molar-refractivity contribution is 6.30. The first-order valence-corrected chi connectivity index (χ1v) is 7.74. The van der Waals surface area contributed by atoms with Crippen LogP contribution in [0, 0.1) is 5.92 Å². The van der Waals surface area contributed by atoms with Crippen molar-refractivity contribution in [3.63, 3.8) is 0 Å². The molecule has 1 aliphatic rings. The molecule has 3 unspecified atom stereocenters. The van der Waals surface area contributed by atoms with Crippen LogP contribution in [0.1, 0.15) is 44.7 Å². The molecular weight excluding hydrogens is 256 g/mol. The summed E-state index contributed by atoms with van der Waals surface area (Å²) in [5.74, 6) is 0.771.